The zero-order chi connectivity index (χ0) is 18.0. The van der Waals surface area contributed by atoms with E-state index < -0.39 is 6.10 Å². The van der Waals surface area contributed by atoms with E-state index >= 15 is 0 Å². The number of para-hydroxylation sites is 1. The lowest BCUT2D eigenvalue weighted by Gasteiger charge is -2.29. The molecule has 6 nitrogen and oxygen atoms in total. The first kappa shape index (κ1) is 17.8. The zero-order valence-corrected chi connectivity index (χ0v) is 15.2. The molecule has 1 saturated heterocycles. The zero-order valence-electron chi connectivity index (χ0n) is 15.2. The first-order chi connectivity index (χ1) is 11.8. The fourth-order valence-corrected chi connectivity index (χ4v) is 3.20. The number of aromatic amines is 1. The van der Waals surface area contributed by atoms with Gasteiger partial charge in [0.05, 0.1) is 18.7 Å². The molecule has 3 N–H and O–H groups in total. The smallest absolute Gasteiger partial charge is 0.263 e. The minimum absolute atomic E-state index is 0.00447. The number of H-pyrrole nitrogens is 1. The summed E-state index contributed by atoms with van der Waals surface area (Å²) in [7, 11) is 0. The number of hydrogen-bond acceptors (Lipinski definition) is 4. The van der Waals surface area contributed by atoms with Gasteiger partial charge in [0.25, 0.3) is 5.91 Å². The van der Waals surface area contributed by atoms with Crippen LogP contribution in [0, 0.1) is 0 Å². The van der Waals surface area contributed by atoms with Crippen molar-refractivity contribution in [1.29, 1.82) is 0 Å². The van der Waals surface area contributed by atoms with Gasteiger partial charge in [-0.15, -0.1) is 0 Å². The number of carbonyl (C=O) groups excluding carboxylic acids is 1. The molecule has 3 rings (SSSR count). The molecule has 0 aliphatic carbocycles. The van der Waals surface area contributed by atoms with Gasteiger partial charge in [0.1, 0.15) is 5.75 Å². The summed E-state index contributed by atoms with van der Waals surface area (Å²) in [5.41, 5.74) is 7.93. The molecule has 1 fully saturated rings. The normalized spacial score (nSPS) is 16.9. The molecule has 0 unspecified atom stereocenters. The fraction of sp³-hybridized carbons (Fsp3) is 0.526. The van der Waals surface area contributed by atoms with Crippen LogP contribution >= 0.6 is 0 Å². The number of hydrogen-bond donors (Lipinski definition) is 2. The molecule has 0 bridgehead atoms. The van der Waals surface area contributed by atoms with Crippen LogP contribution in [0.15, 0.2) is 24.4 Å². The minimum Gasteiger partial charge on any atom is -0.479 e. The van der Waals surface area contributed by atoms with E-state index in [9.17, 15) is 4.79 Å². The predicted octanol–water partition coefficient (Wildman–Crippen LogP) is 2.07. The van der Waals surface area contributed by atoms with Crippen molar-refractivity contribution >= 4 is 16.8 Å². The van der Waals surface area contributed by atoms with Crippen LogP contribution in [0.4, 0.5) is 0 Å². The van der Waals surface area contributed by atoms with Crippen LogP contribution in [-0.4, -0.2) is 53.7 Å². The molecule has 1 amide bonds. The molecule has 0 saturated carbocycles. The number of carbonyl (C=O) groups is 1. The molecule has 1 aliphatic heterocycles. The lowest BCUT2D eigenvalue weighted by atomic mass is 9.96. The van der Waals surface area contributed by atoms with Crippen LogP contribution in [-0.2, 0) is 16.0 Å². The number of fused-ring (bicyclic) bond motifs is 1. The molecule has 1 aromatic heterocycles. The molecule has 6 heteroatoms. The number of amides is 1. The Morgan fingerprint density at radius 2 is 2.12 bits per heavy atom. The molecule has 0 spiro atoms. The average molecular weight is 345 g/mol. The highest BCUT2D eigenvalue weighted by Gasteiger charge is 2.24. The van der Waals surface area contributed by atoms with E-state index in [1.165, 1.54) is 0 Å². The summed E-state index contributed by atoms with van der Waals surface area (Å²) >= 11 is 0. The van der Waals surface area contributed by atoms with Crippen molar-refractivity contribution in [2.24, 2.45) is 5.73 Å². The highest BCUT2D eigenvalue weighted by Crippen LogP contribution is 2.29. The van der Waals surface area contributed by atoms with Crippen LogP contribution in [0.25, 0.3) is 10.9 Å². The second-order valence-corrected chi connectivity index (χ2v) is 7.36. The monoisotopic (exact) mass is 345 g/mol. The first-order valence-electron chi connectivity index (χ1n) is 8.76. The molecule has 25 heavy (non-hydrogen) atoms. The Bertz CT molecular complexity index is 742. The van der Waals surface area contributed by atoms with Crippen molar-refractivity contribution in [3.8, 4) is 5.75 Å². The Morgan fingerprint density at radius 1 is 1.40 bits per heavy atom. The number of morpholine rings is 1. The van der Waals surface area contributed by atoms with Gasteiger partial charge in [-0.2, -0.15) is 0 Å². The highest BCUT2D eigenvalue weighted by molar-refractivity contribution is 5.89. The molecule has 136 valence electrons. The third kappa shape index (κ3) is 4.14. The lowest BCUT2D eigenvalue weighted by Crippen LogP contribution is -2.46. The van der Waals surface area contributed by atoms with Gasteiger partial charge < -0.3 is 25.1 Å². The summed E-state index contributed by atoms with van der Waals surface area (Å²) in [5, 5.41) is 1.09. The molecule has 1 aromatic carbocycles. The van der Waals surface area contributed by atoms with E-state index in [1.54, 1.807) is 11.8 Å². The van der Waals surface area contributed by atoms with Gasteiger partial charge in [-0.25, -0.2) is 0 Å². The Morgan fingerprint density at radius 3 is 2.80 bits per heavy atom. The molecule has 2 heterocycles. The third-order valence-corrected chi connectivity index (χ3v) is 4.38. The number of nitrogens with two attached hydrogens (primary N) is 1. The Balaban J connectivity index is 1.78. The SMILES string of the molecule is C[C@H](Oc1cccc2c(CC(C)(C)N)c[nH]c12)C(=O)N1CCOCC1. The van der Waals surface area contributed by atoms with Crippen LogP contribution in [0.3, 0.4) is 0 Å². The van der Waals surface area contributed by atoms with Gasteiger partial charge in [0.15, 0.2) is 6.10 Å². The molecule has 1 aliphatic rings. The van der Waals surface area contributed by atoms with E-state index in [0.29, 0.717) is 32.1 Å². The Kier molecular flexibility index (Phi) is 5.01. The largest absolute Gasteiger partial charge is 0.479 e. The van der Waals surface area contributed by atoms with Crippen molar-refractivity contribution in [1.82, 2.24) is 9.88 Å². The van der Waals surface area contributed by atoms with Crippen molar-refractivity contribution < 1.29 is 14.3 Å². The number of nitrogens with zero attached hydrogens (tertiary/aromatic N) is 1. The first-order valence-corrected chi connectivity index (χ1v) is 8.76. The summed E-state index contributed by atoms with van der Waals surface area (Å²) in [4.78, 5) is 17.6. The van der Waals surface area contributed by atoms with Gasteiger partial charge in [-0.1, -0.05) is 12.1 Å². The lowest BCUT2D eigenvalue weighted by molar-refractivity contribution is -0.142. The summed E-state index contributed by atoms with van der Waals surface area (Å²) in [6.07, 6.45) is 2.20. The molecule has 1 atom stereocenters. The van der Waals surface area contributed by atoms with Crippen molar-refractivity contribution in [3.05, 3.63) is 30.0 Å². The topological polar surface area (TPSA) is 80.6 Å². The van der Waals surface area contributed by atoms with Gasteiger partial charge >= 0.3 is 0 Å². The highest BCUT2D eigenvalue weighted by atomic mass is 16.5. The quantitative estimate of drug-likeness (QED) is 0.869. The van der Waals surface area contributed by atoms with Crippen LogP contribution < -0.4 is 10.5 Å². The maximum Gasteiger partial charge on any atom is 0.263 e. The second-order valence-electron chi connectivity index (χ2n) is 7.36. The van der Waals surface area contributed by atoms with Gasteiger partial charge in [-0.3, -0.25) is 4.79 Å². The Hall–Kier alpha value is -2.05. The minimum atomic E-state index is -0.540. The van der Waals surface area contributed by atoms with Crippen molar-refractivity contribution in [2.45, 2.75) is 38.8 Å². The van der Waals surface area contributed by atoms with E-state index in [0.717, 1.165) is 22.9 Å². The summed E-state index contributed by atoms with van der Waals surface area (Å²) in [6.45, 7) is 8.23. The molecule has 0 radical (unpaired) electrons. The van der Waals surface area contributed by atoms with E-state index in [2.05, 4.69) is 4.98 Å². The number of rotatable bonds is 5. The van der Waals surface area contributed by atoms with E-state index in [-0.39, 0.29) is 11.4 Å². The standard InChI is InChI=1S/C19H27N3O3/c1-13(18(23)22-7-9-24-10-8-22)25-16-6-4-5-15-14(11-19(2,3)20)12-21-17(15)16/h4-6,12-13,21H,7-11,20H2,1-3H3/t13-/m0/s1. The predicted molar refractivity (Wildman–Crippen MR) is 97.8 cm³/mol. The van der Waals surface area contributed by atoms with Crippen LogP contribution in [0.5, 0.6) is 5.75 Å². The number of ether oxygens (including phenoxy) is 2. The van der Waals surface area contributed by atoms with Crippen molar-refractivity contribution in [2.75, 3.05) is 26.3 Å². The fourth-order valence-electron chi connectivity index (χ4n) is 3.20. The second kappa shape index (κ2) is 7.06. The number of benzene rings is 1. The molecular formula is C19H27N3O3. The maximum atomic E-state index is 12.6. The summed E-state index contributed by atoms with van der Waals surface area (Å²) in [5.74, 6) is 0.683. The van der Waals surface area contributed by atoms with Crippen LogP contribution in [0.2, 0.25) is 0 Å². The maximum absolute atomic E-state index is 12.6. The third-order valence-electron chi connectivity index (χ3n) is 4.38. The average Bonchev–Trinajstić information content (AvgIpc) is 2.97. The summed E-state index contributed by atoms with van der Waals surface area (Å²) < 4.78 is 11.3. The van der Waals surface area contributed by atoms with E-state index in [4.69, 9.17) is 15.2 Å². The van der Waals surface area contributed by atoms with Crippen molar-refractivity contribution in [3.63, 3.8) is 0 Å². The van der Waals surface area contributed by atoms with Gasteiger partial charge in [-0.05, 0) is 38.8 Å². The van der Waals surface area contributed by atoms with Gasteiger partial charge in [0.2, 0.25) is 0 Å². The molecule has 2 aromatic rings. The van der Waals surface area contributed by atoms with Crippen LogP contribution in [0.1, 0.15) is 26.3 Å². The summed E-state index contributed by atoms with van der Waals surface area (Å²) in [6, 6.07) is 5.89. The molecular weight excluding hydrogens is 318 g/mol. The number of aromatic nitrogens is 1. The van der Waals surface area contributed by atoms with Gasteiger partial charge in [0, 0.05) is 30.2 Å². The number of nitrogens with one attached hydrogen (secondary N) is 1. The van der Waals surface area contributed by atoms with E-state index in [1.807, 2.05) is 38.2 Å². The Labute approximate surface area is 148 Å².